The zero-order valence-electron chi connectivity index (χ0n) is 13.8. The summed E-state index contributed by atoms with van der Waals surface area (Å²) < 4.78 is 19.5. The maximum Gasteiger partial charge on any atom is 0.326 e. The lowest BCUT2D eigenvalue weighted by molar-refractivity contribution is -0.140. The monoisotopic (exact) mass is 353 g/mol. The molecule has 0 aliphatic rings. The molecule has 1 atom stereocenters. The number of carboxylic acid groups (broad SMARTS) is 1. The van der Waals surface area contributed by atoms with Crippen LogP contribution in [0.2, 0.25) is 0 Å². The molecule has 0 spiro atoms. The Balaban J connectivity index is 2.04. The van der Waals surface area contributed by atoms with Gasteiger partial charge < -0.3 is 15.2 Å². The van der Waals surface area contributed by atoms with Crippen LogP contribution in [0, 0.1) is 5.82 Å². The van der Waals surface area contributed by atoms with E-state index in [1.165, 1.54) is 23.5 Å². The van der Waals surface area contributed by atoms with Crippen molar-refractivity contribution in [2.75, 3.05) is 6.61 Å². The fraction of sp³-hybridized carbons (Fsp3) is 0.412. The minimum atomic E-state index is -1.12. The van der Waals surface area contributed by atoms with Crippen LogP contribution in [-0.4, -0.2) is 35.2 Å². The van der Waals surface area contributed by atoms with Crippen LogP contribution in [-0.2, 0) is 9.53 Å². The van der Waals surface area contributed by atoms with Gasteiger partial charge in [0.25, 0.3) is 5.91 Å². The number of hydrogen-bond acceptors (Lipinski definition) is 4. The van der Waals surface area contributed by atoms with Crippen molar-refractivity contribution in [3.05, 3.63) is 35.0 Å². The maximum atomic E-state index is 13.2. The second kappa shape index (κ2) is 7.27. The van der Waals surface area contributed by atoms with Crippen molar-refractivity contribution in [1.82, 2.24) is 5.32 Å². The number of carbonyl (C=O) groups excluding carboxylic acids is 1. The van der Waals surface area contributed by atoms with Gasteiger partial charge in [0.15, 0.2) is 0 Å². The smallest absolute Gasteiger partial charge is 0.326 e. The topological polar surface area (TPSA) is 75.6 Å². The number of carbonyl (C=O) groups is 2. The van der Waals surface area contributed by atoms with Crippen LogP contribution < -0.4 is 5.32 Å². The van der Waals surface area contributed by atoms with Gasteiger partial charge >= 0.3 is 5.97 Å². The first-order valence-corrected chi connectivity index (χ1v) is 8.34. The second-order valence-electron chi connectivity index (χ2n) is 6.41. The summed E-state index contributed by atoms with van der Waals surface area (Å²) in [4.78, 5) is 23.9. The molecular formula is C17H20FNO4S. The highest BCUT2D eigenvalue weighted by molar-refractivity contribution is 7.20. The average Bonchev–Trinajstić information content (AvgIpc) is 2.87. The predicted molar refractivity (Wildman–Crippen MR) is 91.0 cm³/mol. The number of benzene rings is 1. The fourth-order valence-corrected chi connectivity index (χ4v) is 3.04. The van der Waals surface area contributed by atoms with E-state index in [9.17, 15) is 19.1 Å². The van der Waals surface area contributed by atoms with Gasteiger partial charge in [-0.25, -0.2) is 9.18 Å². The van der Waals surface area contributed by atoms with E-state index in [1.54, 1.807) is 12.1 Å². The molecular weight excluding hydrogens is 333 g/mol. The van der Waals surface area contributed by atoms with Gasteiger partial charge in [-0.2, -0.15) is 0 Å². The second-order valence-corrected chi connectivity index (χ2v) is 7.49. The third-order valence-electron chi connectivity index (χ3n) is 3.25. The molecule has 130 valence electrons. The molecule has 0 bridgehead atoms. The summed E-state index contributed by atoms with van der Waals surface area (Å²) in [7, 11) is 0. The van der Waals surface area contributed by atoms with Crippen molar-refractivity contribution in [2.24, 2.45) is 0 Å². The fourth-order valence-electron chi connectivity index (χ4n) is 2.10. The van der Waals surface area contributed by atoms with Crippen molar-refractivity contribution in [3.8, 4) is 0 Å². The van der Waals surface area contributed by atoms with E-state index in [2.05, 4.69) is 5.32 Å². The van der Waals surface area contributed by atoms with E-state index in [0.717, 1.165) is 4.70 Å². The molecule has 0 radical (unpaired) electrons. The minimum absolute atomic E-state index is 0.165. The van der Waals surface area contributed by atoms with Gasteiger partial charge in [-0.3, -0.25) is 4.79 Å². The first-order valence-electron chi connectivity index (χ1n) is 7.52. The van der Waals surface area contributed by atoms with Crippen LogP contribution in [0.1, 0.15) is 36.9 Å². The van der Waals surface area contributed by atoms with E-state index in [1.807, 2.05) is 20.8 Å². The van der Waals surface area contributed by atoms with Gasteiger partial charge in [0.2, 0.25) is 0 Å². The number of aliphatic carboxylic acids is 1. The molecule has 0 saturated carbocycles. The summed E-state index contributed by atoms with van der Waals surface area (Å²) >= 11 is 1.19. The van der Waals surface area contributed by atoms with Crippen molar-refractivity contribution >= 4 is 33.3 Å². The van der Waals surface area contributed by atoms with E-state index in [-0.39, 0.29) is 24.4 Å². The molecule has 2 N–H and O–H groups in total. The average molecular weight is 353 g/mol. The van der Waals surface area contributed by atoms with Gasteiger partial charge in [-0.15, -0.1) is 11.3 Å². The molecule has 0 aliphatic heterocycles. The Morgan fingerprint density at radius 2 is 2.04 bits per heavy atom. The summed E-state index contributed by atoms with van der Waals surface area (Å²) in [6.45, 7) is 5.84. The zero-order chi connectivity index (χ0) is 17.9. The van der Waals surface area contributed by atoms with Crippen LogP contribution in [0.3, 0.4) is 0 Å². The van der Waals surface area contributed by atoms with Crippen LogP contribution in [0.25, 0.3) is 10.1 Å². The molecule has 2 rings (SSSR count). The summed E-state index contributed by atoms with van der Waals surface area (Å²) in [5, 5.41) is 12.4. The number of thiophene rings is 1. The largest absolute Gasteiger partial charge is 0.480 e. The molecule has 0 fully saturated rings. The lowest BCUT2D eigenvalue weighted by Crippen LogP contribution is -2.41. The standard InChI is InChI=1S/C17H20FNO4S/c1-17(2,3)23-7-6-12(16(21)22)19-15(20)14-9-10-8-11(18)4-5-13(10)24-14/h4-5,8-9,12H,6-7H2,1-3H3,(H,19,20)(H,21,22). The summed E-state index contributed by atoms with van der Waals surface area (Å²) in [6.07, 6.45) is 0.165. The van der Waals surface area contributed by atoms with Gasteiger partial charge in [0.05, 0.1) is 10.5 Å². The summed E-state index contributed by atoms with van der Waals surface area (Å²) in [5.41, 5.74) is -0.372. The number of ether oxygens (including phenoxy) is 1. The Hall–Kier alpha value is -1.99. The van der Waals surface area contributed by atoms with Crippen molar-refractivity contribution in [1.29, 1.82) is 0 Å². The van der Waals surface area contributed by atoms with Gasteiger partial charge in [0.1, 0.15) is 11.9 Å². The predicted octanol–water partition coefficient (Wildman–Crippen LogP) is 3.43. The lowest BCUT2D eigenvalue weighted by atomic mass is 10.1. The Morgan fingerprint density at radius 3 is 2.67 bits per heavy atom. The molecule has 5 nitrogen and oxygen atoms in total. The molecule has 0 saturated heterocycles. The summed E-state index contributed by atoms with van der Waals surface area (Å²) in [5.74, 6) is -1.98. The van der Waals surface area contributed by atoms with E-state index < -0.39 is 17.9 Å². The minimum Gasteiger partial charge on any atom is -0.480 e. The molecule has 0 aliphatic carbocycles. The van der Waals surface area contributed by atoms with Crippen molar-refractivity contribution < 1.29 is 23.8 Å². The van der Waals surface area contributed by atoms with E-state index >= 15 is 0 Å². The first-order chi connectivity index (χ1) is 11.2. The molecule has 1 amide bonds. The Bertz CT molecular complexity index is 751. The highest BCUT2D eigenvalue weighted by Crippen LogP contribution is 2.26. The Labute approximate surface area is 143 Å². The SMILES string of the molecule is CC(C)(C)OCCC(NC(=O)c1cc2cc(F)ccc2s1)C(=O)O. The normalized spacial score (nSPS) is 13.0. The first kappa shape index (κ1) is 18.4. The highest BCUT2D eigenvalue weighted by Gasteiger charge is 2.22. The Morgan fingerprint density at radius 1 is 1.33 bits per heavy atom. The van der Waals surface area contributed by atoms with Gasteiger partial charge in [0, 0.05) is 17.7 Å². The summed E-state index contributed by atoms with van der Waals surface area (Å²) in [6, 6.07) is 4.78. The van der Waals surface area contributed by atoms with Crippen LogP contribution >= 0.6 is 11.3 Å². The quantitative estimate of drug-likeness (QED) is 0.834. The van der Waals surface area contributed by atoms with Crippen molar-refractivity contribution in [2.45, 2.75) is 38.8 Å². The number of amides is 1. The highest BCUT2D eigenvalue weighted by atomic mass is 32.1. The van der Waals surface area contributed by atoms with E-state index in [0.29, 0.717) is 10.3 Å². The number of fused-ring (bicyclic) bond motifs is 1. The lowest BCUT2D eigenvalue weighted by Gasteiger charge is -2.21. The molecule has 2 aromatic rings. The van der Waals surface area contributed by atoms with Gasteiger partial charge in [-0.1, -0.05) is 0 Å². The Kier molecular flexibility index (Phi) is 5.56. The number of nitrogens with one attached hydrogen (secondary N) is 1. The maximum absolute atomic E-state index is 13.2. The molecule has 1 heterocycles. The molecule has 1 unspecified atom stereocenters. The zero-order valence-corrected chi connectivity index (χ0v) is 14.6. The molecule has 1 aromatic carbocycles. The molecule has 24 heavy (non-hydrogen) atoms. The number of hydrogen-bond donors (Lipinski definition) is 2. The van der Waals surface area contributed by atoms with E-state index in [4.69, 9.17) is 4.74 Å². The van der Waals surface area contributed by atoms with Crippen molar-refractivity contribution in [3.63, 3.8) is 0 Å². The van der Waals surface area contributed by atoms with Crippen LogP contribution in [0.4, 0.5) is 4.39 Å². The molecule has 1 aromatic heterocycles. The van der Waals surface area contributed by atoms with Crippen LogP contribution in [0.5, 0.6) is 0 Å². The molecule has 7 heteroatoms. The number of rotatable bonds is 6. The number of carboxylic acids is 1. The third kappa shape index (κ3) is 5.01. The van der Waals surface area contributed by atoms with Gasteiger partial charge in [-0.05, 0) is 50.4 Å². The van der Waals surface area contributed by atoms with Crippen LogP contribution in [0.15, 0.2) is 24.3 Å². The number of halogens is 1. The third-order valence-corrected chi connectivity index (χ3v) is 4.36.